The number of halogens is 5. The lowest BCUT2D eigenvalue weighted by atomic mass is 10.1. The number of piperazine rings is 1. The Bertz CT molecular complexity index is 977. The van der Waals surface area contributed by atoms with Gasteiger partial charge in [-0.15, -0.1) is 0 Å². The number of carbonyl (C=O) groups excluding carboxylic acids is 2. The number of hydrogen-bond acceptors (Lipinski definition) is 3. The van der Waals surface area contributed by atoms with Gasteiger partial charge in [-0.05, 0) is 37.3 Å². The largest absolute Gasteiger partial charge is 0.418 e. The SMILES string of the molecule is CC(C(=O)Nc1ccccc1C(F)(F)F)N1CCN(C(=O)c2ccc(Cl)cc2Cl)CC1. The Labute approximate surface area is 187 Å². The Kier molecular flexibility index (Phi) is 7.13. The number of benzene rings is 2. The second-order valence-electron chi connectivity index (χ2n) is 7.16. The van der Waals surface area contributed by atoms with E-state index in [1.165, 1.54) is 24.3 Å². The van der Waals surface area contributed by atoms with Gasteiger partial charge in [0, 0.05) is 31.2 Å². The highest BCUT2D eigenvalue weighted by atomic mass is 35.5. The van der Waals surface area contributed by atoms with Crippen molar-refractivity contribution in [3.63, 3.8) is 0 Å². The quantitative estimate of drug-likeness (QED) is 0.693. The monoisotopic (exact) mass is 473 g/mol. The lowest BCUT2D eigenvalue weighted by Crippen LogP contribution is -2.54. The maximum absolute atomic E-state index is 13.1. The molecule has 31 heavy (non-hydrogen) atoms. The van der Waals surface area contributed by atoms with Crippen LogP contribution in [-0.4, -0.2) is 53.8 Å². The van der Waals surface area contributed by atoms with Crippen LogP contribution in [0.5, 0.6) is 0 Å². The molecule has 5 nitrogen and oxygen atoms in total. The third-order valence-electron chi connectivity index (χ3n) is 5.18. The summed E-state index contributed by atoms with van der Waals surface area (Å²) in [5, 5.41) is 3.06. The molecule has 1 aliphatic rings. The standard InChI is InChI=1S/C21H20Cl2F3N3O2/c1-13(19(30)27-18-5-3-2-4-16(18)21(24,25)26)28-8-10-29(11-9-28)20(31)15-7-6-14(22)12-17(15)23/h2-7,12-13H,8-11H2,1H3,(H,27,30). The first-order valence-electron chi connectivity index (χ1n) is 9.53. The first kappa shape index (κ1) is 23.4. The van der Waals surface area contributed by atoms with Crippen LogP contribution in [0.15, 0.2) is 42.5 Å². The molecule has 0 radical (unpaired) electrons. The molecule has 1 heterocycles. The number of amides is 2. The third kappa shape index (κ3) is 5.50. The van der Waals surface area contributed by atoms with Gasteiger partial charge in [0.2, 0.25) is 5.91 Å². The minimum atomic E-state index is -4.57. The molecule has 0 saturated carbocycles. The van der Waals surface area contributed by atoms with Gasteiger partial charge in [0.05, 0.1) is 27.9 Å². The number of nitrogens with zero attached hydrogens (tertiary/aromatic N) is 2. The summed E-state index contributed by atoms with van der Waals surface area (Å²) in [5.74, 6) is -0.783. The first-order chi connectivity index (χ1) is 14.6. The zero-order valence-corrected chi connectivity index (χ0v) is 18.1. The van der Waals surface area contributed by atoms with Gasteiger partial charge in [0.25, 0.3) is 5.91 Å². The molecule has 10 heteroatoms. The fourth-order valence-electron chi connectivity index (χ4n) is 3.39. The van der Waals surface area contributed by atoms with Crippen molar-refractivity contribution < 1.29 is 22.8 Å². The molecule has 1 atom stereocenters. The van der Waals surface area contributed by atoms with Gasteiger partial charge in [0.1, 0.15) is 0 Å². The average molecular weight is 474 g/mol. The number of para-hydroxylation sites is 1. The van der Waals surface area contributed by atoms with Gasteiger partial charge in [0.15, 0.2) is 0 Å². The smallest absolute Gasteiger partial charge is 0.336 e. The molecule has 1 unspecified atom stereocenters. The molecule has 2 aromatic carbocycles. The summed E-state index contributed by atoms with van der Waals surface area (Å²) < 4.78 is 39.4. The Balaban J connectivity index is 1.61. The summed E-state index contributed by atoms with van der Waals surface area (Å²) in [6, 6.07) is 8.82. The lowest BCUT2D eigenvalue weighted by Gasteiger charge is -2.37. The van der Waals surface area contributed by atoms with Gasteiger partial charge in [-0.25, -0.2) is 0 Å². The van der Waals surface area contributed by atoms with Crippen LogP contribution in [0.3, 0.4) is 0 Å². The van der Waals surface area contributed by atoms with E-state index in [0.717, 1.165) is 6.07 Å². The minimum absolute atomic E-state index is 0.238. The van der Waals surface area contributed by atoms with Crippen LogP contribution in [0.2, 0.25) is 10.0 Å². The minimum Gasteiger partial charge on any atom is -0.336 e. The predicted molar refractivity (Wildman–Crippen MR) is 113 cm³/mol. The lowest BCUT2D eigenvalue weighted by molar-refractivity contribution is -0.137. The molecule has 166 valence electrons. The molecule has 0 spiro atoms. The van der Waals surface area contributed by atoms with Crippen molar-refractivity contribution in [3.05, 3.63) is 63.6 Å². The van der Waals surface area contributed by atoms with E-state index in [4.69, 9.17) is 23.2 Å². The van der Waals surface area contributed by atoms with Gasteiger partial charge >= 0.3 is 6.18 Å². The van der Waals surface area contributed by atoms with E-state index < -0.39 is 23.7 Å². The second-order valence-corrected chi connectivity index (χ2v) is 8.00. The first-order valence-corrected chi connectivity index (χ1v) is 10.3. The topological polar surface area (TPSA) is 52.7 Å². The van der Waals surface area contributed by atoms with Gasteiger partial charge in [-0.1, -0.05) is 35.3 Å². The number of alkyl halides is 3. The maximum atomic E-state index is 13.1. The van der Waals surface area contributed by atoms with Gasteiger partial charge < -0.3 is 10.2 Å². The zero-order chi connectivity index (χ0) is 22.8. The second kappa shape index (κ2) is 9.46. The Morgan fingerprint density at radius 3 is 2.29 bits per heavy atom. The number of rotatable bonds is 4. The van der Waals surface area contributed by atoms with E-state index in [1.807, 2.05) is 4.90 Å². The Morgan fingerprint density at radius 1 is 1.03 bits per heavy atom. The highest BCUT2D eigenvalue weighted by Gasteiger charge is 2.34. The van der Waals surface area contributed by atoms with Crippen LogP contribution in [-0.2, 0) is 11.0 Å². The third-order valence-corrected chi connectivity index (χ3v) is 5.73. The van der Waals surface area contributed by atoms with Crippen molar-refractivity contribution in [2.75, 3.05) is 31.5 Å². The summed E-state index contributed by atoms with van der Waals surface area (Å²) >= 11 is 12.0. The number of hydrogen-bond donors (Lipinski definition) is 1. The summed E-state index contributed by atoms with van der Waals surface area (Å²) in [7, 11) is 0. The van der Waals surface area contributed by atoms with Crippen LogP contribution < -0.4 is 5.32 Å². The van der Waals surface area contributed by atoms with Crippen LogP contribution in [0.4, 0.5) is 18.9 Å². The number of carbonyl (C=O) groups is 2. The van der Waals surface area contributed by atoms with Crippen molar-refractivity contribution in [2.24, 2.45) is 0 Å². The normalized spacial score (nSPS) is 16.1. The fourth-order valence-corrected chi connectivity index (χ4v) is 3.88. The van der Waals surface area contributed by atoms with Crippen molar-refractivity contribution in [1.29, 1.82) is 0 Å². The Morgan fingerprint density at radius 2 is 1.68 bits per heavy atom. The van der Waals surface area contributed by atoms with E-state index in [2.05, 4.69) is 5.32 Å². The molecule has 2 amide bonds. The average Bonchev–Trinajstić information content (AvgIpc) is 2.72. The highest BCUT2D eigenvalue weighted by Crippen LogP contribution is 2.34. The summed E-state index contributed by atoms with van der Waals surface area (Å²) in [6.45, 7) is 3.13. The van der Waals surface area contributed by atoms with E-state index in [0.29, 0.717) is 36.8 Å². The number of nitrogens with one attached hydrogen (secondary N) is 1. The van der Waals surface area contributed by atoms with Crippen molar-refractivity contribution in [1.82, 2.24) is 9.80 Å². The Hall–Kier alpha value is -2.29. The van der Waals surface area contributed by atoms with E-state index in [1.54, 1.807) is 24.0 Å². The molecule has 0 aromatic heterocycles. The van der Waals surface area contributed by atoms with E-state index >= 15 is 0 Å². The van der Waals surface area contributed by atoms with Gasteiger partial charge in [-0.3, -0.25) is 14.5 Å². The molecule has 1 N–H and O–H groups in total. The van der Waals surface area contributed by atoms with Gasteiger partial charge in [-0.2, -0.15) is 13.2 Å². The molecule has 3 rings (SSSR count). The zero-order valence-electron chi connectivity index (χ0n) is 16.5. The summed E-state index contributed by atoms with van der Waals surface area (Å²) in [6.07, 6.45) is -4.57. The molecule has 1 saturated heterocycles. The number of anilines is 1. The molecular weight excluding hydrogens is 454 g/mol. The van der Waals surface area contributed by atoms with Crippen molar-refractivity contribution in [2.45, 2.75) is 19.1 Å². The van der Waals surface area contributed by atoms with E-state index in [-0.39, 0.29) is 16.6 Å². The van der Waals surface area contributed by atoms with Crippen molar-refractivity contribution in [3.8, 4) is 0 Å². The maximum Gasteiger partial charge on any atom is 0.418 e. The molecule has 1 aliphatic heterocycles. The molecule has 0 bridgehead atoms. The predicted octanol–water partition coefficient (Wildman–Crippen LogP) is 4.80. The fraction of sp³-hybridized carbons (Fsp3) is 0.333. The molecule has 2 aromatic rings. The highest BCUT2D eigenvalue weighted by molar-refractivity contribution is 6.36. The molecule has 0 aliphatic carbocycles. The molecule has 1 fully saturated rings. The van der Waals surface area contributed by atoms with E-state index in [9.17, 15) is 22.8 Å². The summed E-state index contributed by atoms with van der Waals surface area (Å²) in [5.41, 5.74) is -0.835. The van der Waals surface area contributed by atoms with Crippen LogP contribution in [0, 0.1) is 0 Å². The van der Waals surface area contributed by atoms with Crippen LogP contribution in [0.25, 0.3) is 0 Å². The van der Waals surface area contributed by atoms with Crippen LogP contribution in [0.1, 0.15) is 22.8 Å². The van der Waals surface area contributed by atoms with Crippen LogP contribution >= 0.6 is 23.2 Å². The summed E-state index contributed by atoms with van der Waals surface area (Å²) in [4.78, 5) is 28.7. The molecular formula is C21H20Cl2F3N3O2. The van der Waals surface area contributed by atoms with Crippen molar-refractivity contribution >= 4 is 40.7 Å².